The van der Waals surface area contributed by atoms with Crippen molar-refractivity contribution in [3.05, 3.63) is 59.7 Å². The average molecular weight is 412 g/mol. The Kier molecular flexibility index (Phi) is 4.92. The quantitative estimate of drug-likeness (QED) is 0.839. The van der Waals surface area contributed by atoms with E-state index in [4.69, 9.17) is 0 Å². The van der Waals surface area contributed by atoms with E-state index < -0.39 is 39.5 Å². The van der Waals surface area contributed by atoms with Crippen molar-refractivity contribution >= 4 is 33.2 Å². The van der Waals surface area contributed by atoms with Crippen molar-refractivity contribution in [3.8, 4) is 0 Å². The Morgan fingerprint density at radius 2 is 1.82 bits per heavy atom. The van der Waals surface area contributed by atoms with Gasteiger partial charge in [-0.05, 0) is 36.4 Å². The Morgan fingerprint density at radius 3 is 2.43 bits per heavy atom. The maximum Gasteiger partial charge on any atom is 0.416 e. The van der Waals surface area contributed by atoms with Gasteiger partial charge in [-0.25, -0.2) is 12.7 Å². The van der Waals surface area contributed by atoms with Crippen molar-refractivity contribution in [2.24, 2.45) is 5.92 Å². The fraction of sp³-hybridized carbons (Fsp3) is 0.222. The molecule has 1 fully saturated rings. The zero-order chi connectivity index (χ0) is 20.7. The lowest BCUT2D eigenvalue weighted by molar-refractivity contribution is -0.137. The van der Waals surface area contributed by atoms with Crippen LogP contribution in [0.4, 0.5) is 24.5 Å². The molecule has 28 heavy (non-hydrogen) atoms. The molecule has 2 amide bonds. The molecule has 1 heterocycles. The van der Waals surface area contributed by atoms with Crippen molar-refractivity contribution in [2.45, 2.75) is 13.1 Å². The minimum atomic E-state index is -4.55. The molecular weight excluding hydrogens is 397 g/mol. The van der Waals surface area contributed by atoms with Gasteiger partial charge in [0.05, 0.1) is 22.9 Å². The average Bonchev–Trinajstić information content (AvgIpc) is 2.81. The van der Waals surface area contributed by atoms with Gasteiger partial charge < -0.3 is 5.32 Å². The standard InChI is InChI=1S/C18H15F3N2O4S/c1-11-10-28(26,27)23(17(11)25)15-7-2-4-12(8-15)16(24)22-14-6-3-5-13(9-14)18(19,20)21/h2-9,11H,10H2,1H3,(H,22,24). The van der Waals surface area contributed by atoms with Crippen LogP contribution in [-0.4, -0.2) is 26.0 Å². The van der Waals surface area contributed by atoms with Crippen molar-refractivity contribution in [3.63, 3.8) is 0 Å². The Labute approximate surface area is 159 Å². The van der Waals surface area contributed by atoms with Crippen LogP contribution in [0.2, 0.25) is 0 Å². The monoisotopic (exact) mass is 412 g/mol. The second kappa shape index (κ2) is 6.93. The number of carbonyl (C=O) groups is 2. The number of carbonyl (C=O) groups excluding carboxylic acids is 2. The number of benzene rings is 2. The fourth-order valence-corrected chi connectivity index (χ4v) is 4.65. The highest BCUT2D eigenvalue weighted by Crippen LogP contribution is 2.31. The lowest BCUT2D eigenvalue weighted by Gasteiger charge is -2.16. The highest BCUT2D eigenvalue weighted by atomic mass is 32.2. The number of amides is 2. The maximum atomic E-state index is 12.8. The highest BCUT2D eigenvalue weighted by molar-refractivity contribution is 7.94. The Hall–Kier alpha value is -2.88. The molecule has 1 unspecified atom stereocenters. The molecule has 0 aliphatic carbocycles. The summed E-state index contributed by atoms with van der Waals surface area (Å²) in [5.41, 5.74) is -0.978. The molecule has 0 saturated carbocycles. The lowest BCUT2D eigenvalue weighted by atomic mass is 10.1. The number of anilines is 2. The van der Waals surface area contributed by atoms with Gasteiger partial charge in [0, 0.05) is 11.3 Å². The number of rotatable bonds is 3. The second-order valence-corrected chi connectivity index (χ2v) is 8.23. The van der Waals surface area contributed by atoms with E-state index >= 15 is 0 Å². The first-order chi connectivity index (χ1) is 13.0. The van der Waals surface area contributed by atoms with E-state index in [9.17, 15) is 31.2 Å². The molecule has 2 aromatic rings. The first kappa shape index (κ1) is 19.9. The molecule has 10 heteroatoms. The smallest absolute Gasteiger partial charge is 0.322 e. The van der Waals surface area contributed by atoms with Crippen LogP contribution < -0.4 is 9.62 Å². The number of nitrogens with zero attached hydrogens (tertiary/aromatic N) is 1. The lowest BCUT2D eigenvalue weighted by Crippen LogP contribution is -2.30. The molecular formula is C18H15F3N2O4S. The number of nitrogens with one attached hydrogen (secondary N) is 1. The first-order valence-corrected chi connectivity index (χ1v) is 9.75. The summed E-state index contributed by atoms with van der Waals surface area (Å²) < 4.78 is 63.4. The van der Waals surface area contributed by atoms with E-state index in [2.05, 4.69) is 5.32 Å². The van der Waals surface area contributed by atoms with Crippen LogP contribution in [0.3, 0.4) is 0 Å². The van der Waals surface area contributed by atoms with Crippen LogP contribution in [-0.2, 0) is 21.0 Å². The third-order valence-corrected chi connectivity index (χ3v) is 6.02. The summed E-state index contributed by atoms with van der Waals surface area (Å²) in [6.07, 6.45) is -4.55. The Bertz CT molecular complexity index is 1050. The van der Waals surface area contributed by atoms with Gasteiger partial charge >= 0.3 is 6.18 Å². The van der Waals surface area contributed by atoms with Crippen molar-refractivity contribution in [2.75, 3.05) is 15.4 Å². The normalized spacial score (nSPS) is 18.9. The topological polar surface area (TPSA) is 83.6 Å². The van der Waals surface area contributed by atoms with Crippen LogP contribution in [0.15, 0.2) is 48.5 Å². The van der Waals surface area contributed by atoms with Gasteiger partial charge in [-0.1, -0.05) is 19.1 Å². The molecule has 1 aliphatic heterocycles. The minimum Gasteiger partial charge on any atom is -0.322 e. The zero-order valence-corrected chi connectivity index (χ0v) is 15.3. The molecule has 1 aliphatic rings. The first-order valence-electron chi connectivity index (χ1n) is 8.14. The second-order valence-electron chi connectivity index (χ2n) is 6.37. The molecule has 0 bridgehead atoms. The predicted molar refractivity (Wildman–Crippen MR) is 96.3 cm³/mol. The van der Waals surface area contributed by atoms with Gasteiger partial charge in [0.15, 0.2) is 0 Å². The van der Waals surface area contributed by atoms with Gasteiger partial charge in [-0.3, -0.25) is 9.59 Å². The van der Waals surface area contributed by atoms with E-state index in [1.807, 2.05) is 0 Å². The van der Waals surface area contributed by atoms with Gasteiger partial charge in [0.1, 0.15) is 0 Å². The van der Waals surface area contributed by atoms with E-state index in [1.165, 1.54) is 37.3 Å². The summed E-state index contributed by atoms with van der Waals surface area (Å²) in [5, 5.41) is 2.34. The molecule has 2 aromatic carbocycles. The molecule has 0 spiro atoms. The van der Waals surface area contributed by atoms with Gasteiger partial charge in [-0.2, -0.15) is 13.2 Å². The summed E-state index contributed by atoms with van der Waals surface area (Å²) in [6.45, 7) is 1.49. The summed E-state index contributed by atoms with van der Waals surface area (Å²) >= 11 is 0. The van der Waals surface area contributed by atoms with Crippen LogP contribution in [0, 0.1) is 5.92 Å². The van der Waals surface area contributed by atoms with Gasteiger partial charge in [0.25, 0.3) is 5.91 Å². The summed E-state index contributed by atoms with van der Waals surface area (Å²) in [5.74, 6) is -2.37. The predicted octanol–water partition coefficient (Wildman–Crippen LogP) is 3.27. The van der Waals surface area contributed by atoms with Gasteiger partial charge in [0.2, 0.25) is 15.9 Å². The largest absolute Gasteiger partial charge is 0.416 e. The van der Waals surface area contributed by atoms with Crippen molar-refractivity contribution in [1.82, 2.24) is 0 Å². The van der Waals surface area contributed by atoms with Crippen LogP contribution in [0.25, 0.3) is 0 Å². The molecule has 148 valence electrons. The van der Waals surface area contributed by atoms with Crippen LogP contribution in [0.1, 0.15) is 22.8 Å². The molecule has 3 rings (SSSR count). The molecule has 0 radical (unpaired) electrons. The number of alkyl halides is 3. The van der Waals surface area contributed by atoms with Crippen molar-refractivity contribution in [1.29, 1.82) is 0 Å². The van der Waals surface area contributed by atoms with Crippen molar-refractivity contribution < 1.29 is 31.2 Å². The molecule has 6 nitrogen and oxygen atoms in total. The number of halogens is 3. The summed E-state index contributed by atoms with van der Waals surface area (Å²) in [7, 11) is -3.83. The SMILES string of the molecule is CC1CS(=O)(=O)N(c2cccc(C(=O)Nc3cccc(C(F)(F)F)c3)c2)C1=O. The third kappa shape index (κ3) is 3.86. The molecule has 1 N–H and O–H groups in total. The molecule has 0 aromatic heterocycles. The van der Waals surface area contributed by atoms with Gasteiger partial charge in [-0.15, -0.1) is 0 Å². The number of hydrogen-bond acceptors (Lipinski definition) is 4. The molecule has 1 saturated heterocycles. The Balaban J connectivity index is 1.87. The third-order valence-electron chi connectivity index (χ3n) is 4.15. The summed E-state index contributed by atoms with van der Waals surface area (Å²) in [4.78, 5) is 24.6. The minimum absolute atomic E-state index is 0.00235. The van der Waals surface area contributed by atoms with E-state index in [1.54, 1.807) is 0 Å². The number of sulfonamides is 1. The van der Waals surface area contributed by atoms with E-state index in [-0.39, 0.29) is 22.7 Å². The van der Waals surface area contributed by atoms with Crippen LogP contribution >= 0.6 is 0 Å². The fourth-order valence-electron chi connectivity index (χ4n) is 2.84. The Morgan fingerprint density at radius 1 is 1.14 bits per heavy atom. The van der Waals surface area contributed by atoms with E-state index in [0.29, 0.717) is 4.31 Å². The van der Waals surface area contributed by atoms with E-state index in [0.717, 1.165) is 18.2 Å². The summed E-state index contributed by atoms with van der Waals surface area (Å²) in [6, 6.07) is 9.45. The maximum absolute atomic E-state index is 12.8. The molecule has 1 atom stereocenters. The number of hydrogen-bond donors (Lipinski definition) is 1. The highest BCUT2D eigenvalue weighted by Gasteiger charge is 2.42. The van der Waals surface area contributed by atoms with Crippen LogP contribution in [0.5, 0.6) is 0 Å². The zero-order valence-electron chi connectivity index (χ0n) is 14.5.